The summed E-state index contributed by atoms with van der Waals surface area (Å²) in [6.07, 6.45) is 11.3. The van der Waals surface area contributed by atoms with Crippen LogP contribution >= 0.6 is 0 Å². The summed E-state index contributed by atoms with van der Waals surface area (Å²) in [6.45, 7) is 20.3. The van der Waals surface area contributed by atoms with Gasteiger partial charge in [0.15, 0.2) is 5.78 Å². The number of carboxylic acids is 1. The van der Waals surface area contributed by atoms with Crippen molar-refractivity contribution in [1.29, 1.82) is 0 Å². The first-order chi connectivity index (χ1) is 22.2. The number of hydrogen-bond acceptors (Lipinski definition) is 6. The van der Waals surface area contributed by atoms with Crippen LogP contribution in [0.2, 0.25) is 0 Å². The van der Waals surface area contributed by atoms with Gasteiger partial charge >= 0.3 is 11.9 Å². The van der Waals surface area contributed by atoms with Crippen molar-refractivity contribution in [2.45, 2.75) is 164 Å². The molecule has 9 atom stereocenters. The van der Waals surface area contributed by atoms with Crippen LogP contribution in [-0.2, 0) is 19.1 Å². The number of aliphatic hydroxyl groups excluding tert-OH is 1. The zero-order valence-electron chi connectivity index (χ0n) is 31.5. The lowest BCUT2D eigenvalue weighted by Gasteiger charge is -2.72. The maximum atomic E-state index is 13.9. The number of Topliss-reactive ketones (excluding diaryl/α,β-unsaturated/α-hetero) is 1. The van der Waals surface area contributed by atoms with Crippen molar-refractivity contribution in [3.63, 3.8) is 0 Å². The second kappa shape index (κ2) is 11.9. The van der Waals surface area contributed by atoms with E-state index >= 15 is 0 Å². The first-order valence-electron chi connectivity index (χ1n) is 19.4. The van der Waals surface area contributed by atoms with Crippen molar-refractivity contribution >= 4 is 17.7 Å². The number of aliphatic carboxylic acids is 1. The Bertz CT molecular complexity index is 1360. The number of carbonyl (C=O) groups excluding carboxylic acids is 2. The molecule has 0 aromatic rings. The Morgan fingerprint density at radius 2 is 1.60 bits per heavy atom. The van der Waals surface area contributed by atoms with Gasteiger partial charge in [-0.2, -0.15) is 0 Å². The molecule has 3 N–H and O–H groups in total. The summed E-state index contributed by atoms with van der Waals surface area (Å²) < 4.78 is 6.15. The fourth-order valence-corrected chi connectivity index (χ4v) is 13.0. The first kappa shape index (κ1) is 36.1. The highest BCUT2D eigenvalue weighted by Gasteiger charge is 2.70. The molecule has 7 nitrogen and oxygen atoms in total. The van der Waals surface area contributed by atoms with Gasteiger partial charge in [0.25, 0.3) is 0 Å². The summed E-state index contributed by atoms with van der Waals surface area (Å²) in [4.78, 5) is 38.7. The van der Waals surface area contributed by atoms with Gasteiger partial charge in [-0.25, -0.2) is 0 Å². The predicted octanol–water partition coefficient (Wildman–Crippen LogP) is 7.88. The van der Waals surface area contributed by atoms with Crippen LogP contribution in [0.3, 0.4) is 0 Å². The molecular formula is C41H65NO6. The van der Waals surface area contributed by atoms with Crippen LogP contribution in [0.15, 0.2) is 11.1 Å². The molecule has 0 radical (unpaired) electrons. The van der Waals surface area contributed by atoms with Crippen LogP contribution in [0.1, 0.15) is 146 Å². The molecule has 5 saturated carbocycles. The van der Waals surface area contributed by atoms with Gasteiger partial charge in [-0.1, -0.05) is 60.5 Å². The minimum atomic E-state index is -1.15. The molecule has 0 bridgehead atoms. The largest absolute Gasteiger partial charge is 0.481 e. The van der Waals surface area contributed by atoms with Crippen molar-refractivity contribution in [2.24, 2.45) is 56.2 Å². The minimum Gasteiger partial charge on any atom is -0.481 e. The number of hydrogen-bond donors (Lipinski definition) is 3. The van der Waals surface area contributed by atoms with Gasteiger partial charge in [0.05, 0.1) is 17.9 Å². The molecule has 270 valence electrons. The predicted molar refractivity (Wildman–Crippen MR) is 187 cm³/mol. The van der Waals surface area contributed by atoms with Crippen LogP contribution in [0.5, 0.6) is 0 Å². The molecule has 0 saturated heterocycles. The van der Waals surface area contributed by atoms with Crippen LogP contribution in [-0.4, -0.2) is 52.7 Å². The number of carboxylic acid groups (broad SMARTS) is 1. The van der Waals surface area contributed by atoms with Crippen molar-refractivity contribution < 1.29 is 29.3 Å². The molecular weight excluding hydrogens is 602 g/mol. The third kappa shape index (κ3) is 5.20. The average Bonchev–Trinajstić information content (AvgIpc) is 3.27. The summed E-state index contributed by atoms with van der Waals surface area (Å²) in [7, 11) is 0. The van der Waals surface area contributed by atoms with Crippen molar-refractivity contribution in [3.8, 4) is 0 Å². The second-order valence-electron chi connectivity index (χ2n) is 19.6. The lowest BCUT2D eigenvalue weighted by atomic mass is 9.33. The lowest BCUT2D eigenvalue weighted by molar-refractivity contribution is -0.235. The van der Waals surface area contributed by atoms with Crippen LogP contribution < -0.4 is 5.32 Å². The van der Waals surface area contributed by atoms with Gasteiger partial charge in [0.1, 0.15) is 6.10 Å². The molecule has 0 heterocycles. The van der Waals surface area contributed by atoms with Crippen LogP contribution in [0.25, 0.3) is 0 Å². The summed E-state index contributed by atoms with van der Waals surface area (Å²) >= 11 is 0. The highest BCUT2D eigenvalue weighted by atomic mass is 16.5. The number of fused-ring (bicyclic) bond motifs is 7. The molecule has 0 amide bonds. The minimum absolute atomic E-state index is 0.0322. The molecule has 0 unspecified atom stereocenters. The van der Waals surface area contributed by atoms with E-state index in [1.54, 1.807) is 13.8 Å². The number of ketones is 1. The van der Waals surface area contributed by atoms with E-state index in [-0.39, 0.29) is 45.9 Å². The number of allylic oxidation sites excluding steroid dienone is 1. The standard InChI is InChI=1S/C41H65NO6/c1-24(2)33-27(43)21-41(30(44)23-42-25-11-10-12-25)20-19-39(8)26(34(33)41)13-14-29-38(7)17-16-31(48-32(45)22-36(3,4)35(46)47)37(5,6)28(38)15-18-40(29,39)9/h24-26,28-31,42,44H,10-23H2,1-9H3,(H,46,47)/t26-,28-,29-,30-,31+,38+,39-,40-,41+/m1/s1. The highest BCUT2D eigenvalue weighted by molar-refractivity contribution is 6.00. The Kier molecular flexibility index (Phi) is 8.96. The number of esters is 1. The summed E-state index contributed by atoms with van der Waals surface area (Å²) in [5, 5.41) is 25.2. The van der Waals surface area contributed by atoms with Gasteiger partial charge in [0.2, 0.25) is 0 Å². The van der Waals surface area contributed by atoms with Gasteiger partial charge in [0, 0.05) is 29.8 Å². The Hall–Kier alpha value is -1.73. The molecule has 6 aliphatic carbocycles. The Morgan fingerprint density at radius 1 is 0.917 bits per heavy atom. The van der Waals surface area contributed by atoms with E-state index in [4.69, 9.17) is 4.74 Å². The fraction of sp³-hybridized carbons (Fsp3) is 0.878. The summed E-state index contributed by atoms with van der Waals surface area (Å²) in [5.74, 6) is 0.251. The third-order valence-electron chi connectivity index (χ3n) is 16.2. The molecule has 0 aromatic heterocycles. The van der Waals surface area contributed by atoms with Crippen LogP contribution in [0.4, 0.5) is 0 Å². The van der Waals surface area contributed by atoms with Crippen molar-refractivity contribution in [1.82, 2.24) is 5.32 Å². The van der Waals surface area contributed by atoms with E-state index in [0.717, 1.165) is 56.9 Å². The lowest BCUT2D eigenvalue weighted by Crippen LogP contribution is -2.66. The smallest absolute Gasteiger partial charge is 0.309 e. The van der Waals surface area contributed by atoms with E-state index in [0.29, 0.717) is 36.8 Å². The van der Waals surface area contributed by atoms with E-state index in [1.807, 2.05) is 0 Å². The Labute approximate surface area is 289 Å². The van der Waals surface area contributed by atoms with Gasteiger partial charge in [-0.15, -0.1) is 0 Å². The zero-order chi connectivity index (χ0) is 35.2. The normalized spacial score (nSPS) is 41.5. The maximum Gasteiger partial charge on any atom is 0.309 e. The monoisotopic (exact) mass is 667 g/mol. The highest BCUT2D eigenvalue weighted by Crippen LogP contribution is 2.77. The van der Waals surface area contributed by atoms with Gasteiger partial charge in [-0.3, -0.25) is 14.4 Å². The molecule has 0 aliphatic heterocycles. The number of carbonyl (C=O) groups is 3. The zero-order valence-corrected chi connectivity index (χ0v) is 31.5. The molecule has 0 aromatic carbocycles. The fourth-order valence-electron chi connectivity index (χ4n) is 13.0. The molecule has 5 fully saturated rings. The first-order valence-corrected chi connectivity index (χ1v) is 19.4. The third-order valence-corrected chi connectivity index (χ3v) is 16.2. The van der Waals surface area contributed by atoms with Crippen LogP contribution in [0, 0.1) is 56.2 Å². The topological polar surface area (TPSA) is 113 Å². The van der Waals surface area contributed by atoms with E-state index in [1.165, 1.54) is 24.8 Å². The molecule has 7 heteroatoms. The van der Waals surface area contributed by atoms with E-state index in [2.05, 4.69) is 53.8 Å². The van der Waals surface area contributed by atoms with E-state index < -0.39 is 28.9 Å². The van der Waals surface area contributed by atoms with Gasteiger partial charge < -0.3 is 20.3 Å². The SMILES string of the molecule is CC(C)C1=C2[C@H]3CC[C@@H]4[C@@]5(C)CC[C@H](OC(=O)CC(C)(C)C(=O)O)C(C)(C)[C@H]5CC[C@@]4(C)[C@]3(C)CC[C@@]2([C@H](O)CNC2CCC2)CC1=O. The van der Waals surface area contributed by atoms with Crippen molar-refractivity contribution in [3.05, 3.63) is 11.1 Å². The molecule has 6 rings (SSSR count). The molecule has 0 spiro atoms. The number of rotatable bonds is 9. The number of nitrogens with one attached hydrogen (secondary N) is 1. The molecule has 48 heavy (non-hydrogen) atoms. The summed E-state index contributed by atoms with van der Waals surface area (Å²) in [5.41, 5.74) is 0.770. The van der Waals surface area contributed by atoms with Gasteiger partial charge in [-0.05, 0) is 124 Å². The number of aliphatic hydroxyl groups is 1. The average molecular weight is 668 g/mol. The van der Waals surface area contributed by atoms with E-state index in [9.17, 15) is 24.6 Å². The Morgan fingerprint density at radius 3 is 2.21 bits per heavy atom. The number of ether oxygens (including phenoxy) is 1. The van der Waals surface area contributed by atoms with Crippen molar-refractivity contribution in [2.75, 3.05) is 6.54 Å². The Balaban J connectivity index is 1.28. The second-order valence-corrected chi connectivity index (χ2v) is 19.6. The summed E-state index contributed by atoms with van der Waals surface area (Å²) in [6, 6.07) is 0.503. The maximum absolute atomic E-state index is 13.9. The molecule has 6 aliphatic rings. The quantitative estimate of drug-likeness (QED) is 0.215.